The van der Waals surface area contributed by atoms with Gasteiger partial charge in [0.25, 0.3) is 5.91 Å². The number of nitrogens with zero attached hydrogens (tertiary/aromatic N) is 2. The topological polar surface area (TPSA) is 54.4 Å². The third-order valence-electron chi connectivity index (χ3n) is 6.05. The van der Waals surface area contributed by atoms with Crippen molar-refractivity contribution in [3.05, 3.63) is 65.7 Å². The van der Waals surface area contributed by atoms with Gasteiger partial charge in [0.1, 0.15) is 0 Å². The minimum Gasteiger partial charge on any atom is -0.267 e. The molecule has 33 heavy (non-hydrogen) atoms. The van der Waals surface area contributed by atoms with Crippen LogP contribution in [0.3, 0.4) is 0 Å². The highest BCUT2D eigenvalue weighted by Gasteiger charge is 2.13. The second-order valence-corrected chi connectivity index (χ2v) is 8.95. The Hall–Kier alpha value is -3.01. The Labute approximate surface area is 198 Å². The molecule has 3 aromatic rings. The van der Waals surface area contributed by atoms with Gasteiger partial charge in [-0.25, -0.2) is 10.4 Å². The van der Waals surface area contributed by atoms with Crippen LogP contribution in [-0.4, -0.2) is 16.6 Å². The van der Waals surface area contributed by atoms with Gasteiger partial charge in [0.05, 0.1) is 16.8 Å². The quantitative estimate of drug-likeness (QED) is 0.176. The summed E-state index contributed by atoms with van der Waals surface area (Å²) in [6.07, 6.45) is 11.2. The summed E-state index contributed by atoms with van der Waals surface area (Å²) in [5.41, 5.74) is 8.12. The molecule has 4 heteroatoms. The lowest BCUT2D eigenvalue weighted by atomic mass is 10.0. The number of nitrogens with one attached hydrogen (secondary N) is 1. The van der Waals surface area contributed by atoms with Crippen molar-refractivity contribution in [1.29, 1.82) is 0 Å². The smallest absolute Gasteiger partial charge is 0.267 e. The average molecular weight is 444 g/mol. The van der Waals surface area contributed by atoms with Crippen LogP contribution in [0.25, 0.3) is 22.2 Å². The number of amides is 1. The van der Waals surface area contributed by atoms with Gasteiger partial charge < -0.3 is 0 Å². The molecule has 0 bridgehead atoms. The van der Waals surface area contributed by atoms with Crippen LogP contribution in [0.4, 0.5) is 0 Å². The summed E-state index contributed by atoms with van der Waals surface area (Å²) in [7, 11) is 0. The molecule has 1 aromatic heterocycles. The van der Waals surface area contributed by atoms with E-state index < -0.39 is 0 Å². The maximum absolute atomic E-state index is 13.1. The van der Waals surface area contributed by atoms with E-state index in [1.165, 1.54) is 50.5 Å². The molecule has 0 atom stereocenters. The molecule has 0 fully saturated rings. The van der Waals surface area contributed by atoms with Gasteiger partial charge in [-0.1, -0.05) is 99.9 Å². The van der Waals surface area contributed by atoms with Gasteiger partial charge in [0, 0.05) is 16.7 Å². The second-order valence-electron chi connectivity index (χ2n) is 8.95. The van der Waals surface area contributed by atoms with E-state index >= 15 is 0 Å². The number of hydrogen-bond donors (Lipinski definition) is 1. The Balaban J connectivity index is 1.62. The van der Waals surface area contributed by atoms with Crippen LogP contribution >= 0.6 is 0 Å². The molecule has 0 aliphatic rings. The third-order valence-corrected chi connectivity index (χ3v) is 6.05. The van der Waals surface area contributed by atoms with Gasteiger partial charge in [-0.05, 0) is 38.8 Å². The van der Waals surface area contributed by atoms with E-state index in [2.05, 4.69) is 36.5 Å². The van der Waals surface area contributed by atoms with Gasteiger partial charge in [-0.2, -0.15) is 5.10 Å². The number of hydrogen-bond acceptors (Lipinski definition) is 3. The first kappa shape index (κ1) is 24.6. The van der Waals surface area contributed by atoms with Crippen LogP contribution in [0.2, 0.25) is 0 Å². The lowest BCUT2D eigenvalue weighted by molar-refractivity contribution is 0.0956. The van der Waals surface area contributed by atoms with Gasteiger partial charge in [0.2, 0.25) is 0 Å². The summed E-state index contributed by atoms with van der Waals surface area (Å²) in [5.74, 6) is -0.197. The van der Waals surface area contributed by atoms with Gasteiger partial charge in [-0.15, -0.1) is 0 Å². The number of aromatic nitrogens is 1. The lowest BCUT2D eigenvalue weighted by Crippen LogP contribution is -2.19. The Morgan fingerprint density at radius 2 is 1.58 bits per heavy atom. The second kappa shape index (κ2) is 12.9. The number of carbonyl (C=O) groups is 1. The van der Waals surface area contributed by atoms with Crippen molar-refractivity contribution in [3.8, 4) is 11.3 Å². The molecule has 3 rings (SSSR count). The van der Waals surface area contributed by atoms with E-state index in [0.717, 1.165) is 40.7 Å². The van der Waals surface area contributed by atoms with Crippen molar-refractivity contribution in [3.63, 3.8) is 0 Å². The fourth-order valence-electron chi connectivity index (χ4n) is 4.01. The first-order chi connectivity index (χ1) is 16.1. The number of rotatable bonds is 12. The molecule has 0 aliphatic carbocycles. The molecule has 0 radical (unpaired) electrons. The minimum absolute atomic E-state index is 0.197. The van der Waals surface area contributed by atoms with Crippen LogP contribution < -0.4 is 5.43 Å². The lowest BCUT2D eigenvalue weighted by Gasteiger charge is -2.10. The van der Waals surface area contributed by atoms with Gasteiger partial charge in [-0.3, -0.25) is 4.79 Å². The number of carbonyl (C=O) groups excluding carboxylic acids is 1. The van der Waals surface area contributed by atoms with Crippen molar-refractivity contribution in [1.82, 2.24) is 10.4 Å². The third kappa shape index (κ3) is 7.52. The molecule has 1 N–H and O–H groups in total. The molecule has 1 amide bonds. The molecule has 0 saturated heterocycles. The standard InChI is InChI=1S/C29H37N3O/c1-4-5-6-7-8-9-10-11-14-23(3)31-32-29(33)26-21-28(24-19-17-22(2)18-20-24)30-27-16-13-12-15-25(26)27/h12-13,15-21H,4-11,14H2,1-3H3,(H,32,33)/b31-23+. The fourth-order valence-corrected chi connectivity index (χ4v) is 4.01. The zero-order chi connectivity index (χ0) is 23.5. The molecule has 0 aliphatic heterocycles. The average Bonchev–Trinajstić information content (AvgIpc) is 2.84. The highest BCUT2D eigenvalue weighted by atomic mass is 16.2. The first-order valence-electron chi connectivity index (χ1n) is 12.4. The Bertz CT molecular complexity index is 1070. The highest BCUT2D eigenvalue weighted by molar-refractivity contribution is 6.07. The number of hydrazone groups is 1. The van der Waals surface area contributed by atoms with E-state index in [1.54, 1.807) is 0 Å². The maximum atomic E-state index is 13.1. The molecule has 174 valence electrons. The maximum Gasteiger partial charge on any atom is 0.272 e. The van der Waals surface area contributed by atoms with Crippen molar-refractivity contribution in [2.24, 2.45) is 5.10 Å². The Morgan fingerprint density at radius 3 is 2.30 bits per heavy atom. The number of fused-ring (bicyclic) bond motifs is 1. The monoisotopic (exact) mass is 443 g/mol. The SMILES string of the molecule is CCCCCCCCCC/C(C)=N/NC(=O)c1cc(-c2ccc(C)cc2)nc2ccccc12. The number of pyridine rings is 1. The molecule has 0 spiro atoms. The first-order valence-corrected chi connectivity index (χ1v) is 12.4. The molecular weight excluding hydrogens is 406 g/mol. The summed E-state index contributed by atoms with van der Waals surface area (Å²) in [5, 5.41) is 5.21. The summed E-state index contributed by atoms with van der Waals surface area (Å²) in [4.78, 5) is 17.8. The molecule has 2 aromatic carbocycles. The predicted octanol–water partition coefficient (Wildman–Crippen LogP) is 7.85. The van der Waals surface area contributed by atoms with Crippen molar-refractivity contribution in [2.75, 3.05) is 0 Å². The van der Waals surface area contributed by atoms with E-state index in [-0.39, 0.29) is 5.91 Å². The molecule has 4 nitrogen and oxygen atoms in total. The molecule has 1 heterocycles. The normalized spacial score (nSPS) is 11.7. The van der Waals surface area contributed by atoms with E-state index in [9.17, 15) is 4.79 Å². The Kier molecular flexibility index (Phi) is 9.61. The zero-order valence-electron chi connectivity index (χ0n) is 20.4. The van der Waals surface area contributed by atoms with Crippen LogP contribution in [-0.2, 0) is 0 Å². The van der Waals surface area contributed by atoms with Gasteiger partial charge >= 0.3 is 0 Å². The molecular formula is C29H37N3O. The van der Waals surface area contributed by atoms with Crippen LogP contribution in [0.5, 0.6) is 0 Å². The van der Waals surface area contributed by atoms with Crippen LogP contribution in [0.15, 0.2) is 59.7 Å². The number of benzene rings is 2. The summed E-state index contributed by atoms with van der Waals surface area (Å²) < 4.78 is 0. The van der Waals surface area contributed by atoms with E-state index in [0.29, 0.717) is 5.56 Å². The number of aryl methyl sites for hydroxylation is 1. The highest BCUT2D eigenvalue weighted by Crippen LogP contribution is 2.25. The number of unbranched alkanes of at least 4 members (excludes halogenated alkanes) is 7. The van der Waals surface area contributed by atoms with E-state index in [4.69, 9.17) is 4.98 Å². The minimum atomic E-state index is -0.197. The van der Waals surface area contributed by atoms with Crippen molar-refractivity contribution < 1.29 is 4.79 Å². The van der Waals surface area contributed by atoms with Crippen molar-refractivity contribution in [2.45, 2.75) is 78.6 Å². The fraction of sp³-hybridized carbons (Fsp3) is 0.414. The Morgan fingerprint density at radius 1 is 0.909 bits per heavy atom. The summed E-state index contributed by atoms with van der Waals surface area (Å²) in [6, 6.07) is 17.8. The van der Waals surface area contributed by atoms with E-state index in [1.807, 2.05) is 49.4 Å². The molecule has 0 unspecified atom stereocenters. The van der Waals surface area contributed by atoms with Crippen LogP contribution in [0, 0.1) is 6.92 Å². The molecule has 0 saturated carbocycles. The summed E-state index contributed by atoms with van der Waals surface area (Å²) >= 11 is 0. The largest absolute Gasteiger partial charge is 0.272 e. The predicted molar refractivity (Wildman–Crippen MR) is 140 cm³/mol. The van der Waals surface area contributed by atoms with Crippen molar-refractivity contribution >= 4 is 22.5 Å². The number of para-hydroxylation sites is 1. The summed E-state index contributed by atoms with van der Waals surface area (Å²) in [6.45, 7) is 6.30. The zero-order valence-corrected chi connectivity index (χ0v) is 20.4. The van der Waals surface area contributed by atoms with Crippen LogP contribution in [0.1, 0.15) is 87.6 Å². The van der Waals surface area contributed by atoms with Gasteiger partial charge in [0.15, 0.2) is 0 Å².